The third-order valence-electron chi connectivity index (χ3n) is 4.43. The number of carbonyl (C=O) groups is 2. The number of alkyl halides is 3. The van der Waals surface area contributed by atoms with Crippen molar-refractivity contribution < 1.29 is 37.0 Å². The van der Waals surface area contributed by atoms with Crippen molar-refractivity contribution in [2.45, 2.75) is 38.8 Å². The first-order valence-corrected chi connectivity index (χ1v) is 8.66. The van der Waals surface area contributed by atoms with Gasteiger partial charge >= 0.3 is 12.5 Å². The van der Waals surface area contributed by atoms with Crippen LogP contribution in [0.4, 0.5) is 18.0 Å². The number of ether oxygens (including phenoxy) is 3. The topological polar surface area (TPSA) is 68.3 Å². The van der Waals surface area contributed by atoms with E-state index in [0.717, 1.165) is 6.07 Å². The summed E-state index contributed by atoms with van der Waals surface area (Å²) in [7, 11) is 1.31. The molecule has 0 bridgehead atoms. The van der Waals surface area contributed by atoms with Gasteiger partial charge in [-0.15, -0.1) is 13.2 Å². The summed E-state index contributed by atoms with van der Waals surface area (Å²) >= 11 is 0. The third-order valence-corrected chi connectivity index (χ3v) is 4.43. The molecule has 0 aromatic heterocycles. The fraction of sp³-hybridized carbons (Fsp3) is 0.556. The van der Waals surface area contributed by atoms with Gasteiger partial charge in [-0.2, -0.15) is 0 Å². The number of piperazine rings is 1. The molecule has 1 aromatic carbocycles. The summed E-state index contributed by atoms with van der Waals surface area (Å²) in [6.45, 7) is 5.71. The molecule has 1 aromatic rings. The third kappa shape index (κ3) is 3.95. The van der Waals surface area contributed by atoms with Crippen LogP contribution < -0.4 is 9.47 Å². The van der Waals surface area contributed by atoms with Gasteiger partial charge in [-0.1, -0.05) is 0 Å². The van der Waals surface area contributed by atoms with Crippen molar-refractivity contribution >= 4 is 12.0 Å². The van der Waals surface area contributed by atoms with Crippen molar-refractivity contribution in [2.24, 2.45) is 0 Å². The SMILES string of the molecule is COc1cc(OC(F)(F)F)c2c(c1)C1CN(C(=O)OC(C)(C)C)CCN1C2=O. The highest BCUT2D eigenvalue weighted by Crippen LogP contribution is 2.44. The van der Waals surface area contributed by atoms with Gasteiger partial charge in [0.15, 0.2) is 0 Å². The summed E-state index contributed by atoms with van der Waals surface area (Å²) in [5, 5.41) is 0. The van der Waals surface area contributed by atoms with E-state index >= 15 is 0 Å². The van der Waals surface area contributed by atoms with Crippen LogP contribution in [0.5, 0.6) is 11.5 Å². The zero-order chi connectivity index (χ0) is 20.9. The average Bonchev–Trinajstić information content (AvgIpc) is 2.84. The van der Waals surface area contributed by atoms with Crippen LogP contribution in [-0.4, -0.2) is 60.5 Å². The van der Waals surface area contributed by atoms with Crippen LogP contribution in [0.1, 0.15) is 42.7 Å². The van der Waals surface area contributed by atoms with Crippen molar-refractivity contribution in [3.63, 3.8) is 0 Å². The molecule has 28 heavy (non-hydrogen) atoms. The van der Waals surface area contributed by atoms with Gasteiger partial charge in [0.2, 0.25) is 0 Å². The Balaban J connectivity index is 1.95. The summed E-state index contributed by atoms with van der Waals surface area (Å²) in [4.78, 5) is 28.0. The van der Waals surface area contributed by atoms with Crippen molar-refractivity contribution in [3.8, 4) is 11.5 Å². The van der Waals surface area contributed by atoms with E-state index in [4.69, 9.17) is 9.47 Å². The standard InChI is InChI=1S/C18H21F3N2O5/c1-17(2,3)28-16(25)22-5-6-23-12(9-22)11-7-10(26-4)8-13(14(11)15(23)24)27-18(19,20)21/h7-8,12H,5-6,9H2,1-4H3. The maximum absolute atomic E-state index is 12.8. The van der Waals surface area contributed by atoms with Gasteiger partial charge in [-0.25, -0.2) is 4.79 Å². The number of hydrogen-bond acceptors (Lipinski definition) is 5. The number of rotatable bonds is 2. The molecule has 0 aliphatic carbocycles. The fourth-order valence-electron chi connectivity index (χ4n) is 3.35. The Hall–Kier alpha value is -2.65. The lowest BCUT2D eigenvalue weighted by atomic mass is 10.0. The maximum Gasteiger partial charge on any atom is 0.573 e. The molecule has 1 unspecified atom stereocenters. The lowest BCUT2D eigenvalue weighted by molar-refractivity contribution is -0.274. The van der Waals surface area contributed by atoms with E-state index in [9.17, 15) is 22.8 Å². The zero-order valence-corrected chi connectivity index (χ0v) is 15.9. The fourth-order valence-corrected chi connectivity index (χ4v) is 3.35. The van der Waals surface area contributed by atoms with E-state index in [2.05, 4.69) is 4.74 Å². The highest BCUT2D eigenvalue weighted by molar-refractivity contribution is 6.02. The molecular formula is C18H21F3N2O5. The number of benzene rings is 1. The normalized spacial score (nSPS) is 19.2. The zero-order valence-electron chi connectivity index (χ0n) is 15.9. The Morgan fingerprint density at radius 1 is 1.18 bits per heavy atom. The summed E-state index contributed by atoms with van der Waals surface area (Å²) < 4.78 is 52.9. The number of nitrogens with zero attached hydrogens (tertiary/aromatic N) is 2. The van der Waals surface area contributed by atoms with Crippen LogP contribution in [0.2, 0.25) is 0 Å². The van der Waals surface area contributed by atoms with Gasteiger partial charge in [0.1, 0.15) is 17.1 Å². The Kier molecular flexibility index (Phi) is 4.84. The van der Waals surface area contributed by atoms with Crippen molar-refractivity contribution in [3.05, 3.63) is 23.3 Å². The van der Waals surface area contributed by atoms with Gasteiger partial charge in [0.25, 0.3) is 5.91 Å². The van der Waals surface area contributed by atoms with Crippen molar-refractivity contribution in [1.29, 1.82) is 0 Å². The first-order valence-electron chi connectivity index (χ1n) is 8.66. The molecule has 10 heteroatoms. The van der Waals surface area contributed by atoms with Gasteiger partial charge in [0.05, 0.1) is 18.7 Å². The van der Waals surface area contributed by atoms with Crippen LogP contribution >= 0.6 is 0 Å². The minimum Gasteiger partial charge on any atom is -0.497 e. The first-order chi connectivity index (χ1) is 12.9. The first kappa shape index (κ1) is 20.1. The molecule has 2 aliphatic heterocycles. The Morgan fingerprint density at radius 2 is 1.86 bits per heavy atom. The summed E-state index contributed by atoms with van der Waals surface area (Å²) in [6.07, 6.45) is -5.49. The van der Waals surface area contributed by atoms with Gasteiger partial charge in [0, 0.05) is 25.7 Å². The van der Waals surface area contributed by atoms with E-state index in [1.807, 2.05) is 0 Å². The number of carbonyl (C=O) groups excluding carboxylic acids is 2. The molecule has 1 fully saturated rings. The monoisotopic (exact) mass is 402 g/mol. The second kappa shape index (κ2) is 6.75. The minimum atomic E-state index is -4.95. The molecular weight excluding hydrogens is 381 g/mol. The van der Waals surface area contributed by atoms with E-state index in [0.29, 0.717) is 5.56 Å². The molecule has 0 radical (unpaired) electrons. The van der Waals surface area contributed by atoms with Gasteiger partial charge < -0.3 is 24.0 Å². The Bertz CT molecular complexity index is 804. The molecule has 7 nitrogen and oxygen atoms in total. The molecule has 3 rings (SSSR count). The number of methoxy groups -OCH3 is 1. The summed E-state index contributed by atoms with van der Waals surface area (Å²) in [6, 6.07) is 1.93. The highest BCUT2D eigenvalue weighted by Gasteiger charge is 2.45. The molecule has 0 spiro atoms. The van der Waals surface area contributed by atoms with Crippen LogP contribution in [0.15, 0.2) is 12.1 Å². The number of amides is 2. The predicted molar refractivity (Wildman–Crippen MR) is 91.3 cm³/mol. The molecule has 2 aliphatic rings. The second-order valence-corrected chi connectivity index (χ2v) is 7.58. The second-order valence-electron chi connectivity index (χ2n) is 7.58. The lowest BCUT2D eigenvalue weighted by Gasteiger charge is -2.38. The van der Waals surface area contributed by atoms with E-state index < -0.39 is 35.8 Å². The Morgan fingerprint density at radius 3 is 2.43 bits per heavy atom. The molecule has 2 amide bonds. The minimum absolute atomic E-state index is 0.103. The maximum atomic E-state index is 12.8. The summed E-state index contributed by atoms with van der Waals surface area (Å²) in [5.74, 6) is -1.04. The molecule has 1 atom stereocenters. The molecule has 2 heterocycles. The van der Waals surface area contributed by atoms with Crippen LogP contribution in [0.25, 0.3) is 0 Å². The predicted octanol–water partition coefficient (Wildman–Crippen LogP) is 3.34. The molecule has 1 saturated heterocycles. The van der Waals surface area contributed by atoms with Crippen LogP contribution in [0, 0.1) is 0 Å². The van der Waals surface area contributed by atoms with E-state index in [1.54, 1.807) is 20.8 Å². The lowest BCUT2D eigenvalue weighted by Crippen LogP contribution is -2.50. The quantitative estimate of drug-likeness (QED) is 0.759. The smallest absolute Gasteiger partial charge is 0.497 e. The van der Waals surface area contributed by atoms with Gasteiger partial charge in [-0.05, 0) is 32.4 Å². The average molecular weight is 402 g/mol. The van der Waals surface area contributed by atoms with E-state index in [1.165, 1.54) is 23.0 Å². The molecule has 154 valence electrons. The molecule has 0 N–H and O–H groups in total. The van der Waals surface area contributed by atoms with E-state index in [-0.39, 0.29) is 30.9 Å². The van der Waals surface area contributed by atoms with Gasteiger partial charge in [-0.3, -0.25) is 4.79 Å². The van der Waals surface area contributed by atoms with Crippen molar-refractivity contribution in [2.75, 3.05) is 26.7 Å². The largest absolute Gasteiger partial charge is 0.573 e. The van der Waals surface area contributed by atoms with Crippen molar-refractivity contribution in [1.82, 2.24) is 9.80 Å². The molecule has 0 saturated carbocycles. The Labute approximate surface area is 159 Å². The highest BCUT2D eigenvalue weighted by atomic mass is 19.4. The van der Waals surface area contributed by atoms with Crippen LogP contribution in [0.3, 0.4) is 0 Å². The summed E-state index contributed by atoms with van der Waals surface area (Å²) in [5.41, 5.74) is -0.514. The number of fused-ring (bicyclic) bond motifs is 3. The van der Waals surface area contributed by atoms with Crippen LogP contribution in [-0.2, 0) is 4.74 Å². The number of hydrogen-bond donors (Lipinski definition) is 0. The number of halogens is 3.